The van der Waals surface area contributed by atoms with E-state index in [0.29, 0.717) is 5.69 Å². The first-order chi connectivity index (χ1) is 13.2. The van der Waals surface area contributed by atoms with Gasteiger partial charge in [0.25, 0.3) is 16.1 Å². The molecular weight excluding hydrogens is 393 g/mol. The molecule has 1 saturated heterocycles. The molecule has 0 atom stereocenters. The monoisotopic (exact) mass is 411 g/mol. The number of carbonyl (C=O) groups excluding carboxylic acids is 1. The molecule has 1 aromatic heterocycles. The molecule has 12 heteroatoms. The predicted molar refractivity (Wildman–Crippen MR) is 96.9 cm³/mol. The number of halogens is 1. The van der Waals surface area contributed by atoms with Gasteiger partial charge in [0, 0.05) is 26.2 Å². The fourth-order valence-electron chi connectivity index (χ4n) is 2.80. The molecule has 10 nitrogen and oxygen atoms in total. The number of ether oxygens (including phenoxy) is 1. The molecule has 0 spiro atoms. The van der Waals surface area contributed by atoms with Gasteiger partial charge in [-0.1, -0.05) is 0 Å². The molecular formula is C16H18FN5O5S. The van der Waals surface area contributed by atoms with E-state index in [-0.39, 0.29) is 37.8 Å². The Morgan fingerprint density at radius 1 is 1.18 bits per heavy atom. The summed E-state index contributed by atoms with van der Waals surface area (Å²) in [6.07, 6.45) is 0. The van der Waals surface area contributed by atoms with Crippen LogP contribution in [0.4, 0.5) is 4.39 Å². The summed E-state index contributed by atoms with van der Waals surface area (Å²) in [4.78, 5) is 26.4. The fourth-order valence-corrected chi connectivity index (χ4v) is 3.47. The number of amides is 1. The zero-order valence-corrected chi connectivity index (χ0v) is 15.7. The van der Waals surface area contributed by atoms with Crippen molar-refractivity contribution >= 4 is 16.1 Å². The second-order valence-corrected chi connectivity index (χ2v) is 7.57. The summed E-state index contributed by atoms with van der Waals surface area (Å²) in [7, 11) is -2.50. The van der Waals surface area contributed by atoms with Crippen molar-refractivity contribution in [3.05, 3.63) is 52.1 Å². The minimum Gasteiger partial charge on any atom is -0.481 e. The van der Waals surface area contributed by atoms with E-state index in [1.54, 1.807) is 0 Å². The van der Waals surface area contributed by atoms with Gasteiger partial charge >= 0.3 is 0 Å². The molecule has 1 fully saturated rings. The van der Waals surface area contributed by atoms with E-state index in [1.807, 2.05) is 0 Å². The first-order valence-electron chi connectivity index (χ1n) is 8.22. The first-order valence-corrected chi connectivity index (χ1v) is 9.72. The van der Waals surface area contributed by atoms with Gasteiger partial charge in [-0.25, -0.2) is 14.2 Å². The zero-order chi connectivity index (χ0) is 20.5. The Balaban J connectivity index is 1.92. The van der Waals surface area contributed by atoms with Crippen LogP contribution in [0.25, 0.3) is 5.69 Å². The van der Waals surface area contributed by atoms with Crippen LogP contribution in [0.5, 0.6) is 5.88 Å². The Morgan fingerprint density at radius 3 is 2.32 bits per heavy atom. The van der Waals surface area contributed by atoms with E-state index < -0.39 is 27.4 Å². The largest absolute Gasteiger partial charge is 0.481 e. The lowest BCUT2D eigenvalue weighted by Gasteiger charge is -2.32. The number of piperazine rings is 1. The third-order valence-electron chi connectivity index (χ3n) is 4.27. The van der Waals surface area contributed by atoms with E-state index >= 15 is 0 Å². The molecule has 0 bridgehead atoms. The number of carbonyl (C=O) groups is 1. The smallest absolute Gasteiger partial charge is 0.278 e. The van der Waals surface area contributed by atoms with Crippen molar-refractivity contribution in [2.45, 2.75) is 0 Å². The van der Waals surface area contributed by atoms with Crippen molar-refractivity contribution < 1.29 is 22.3 Å². The lowest BCUT2D eigenvalue weighted by molar-refractivity contribution is 0.0688. The first kappa shape index (κ1) is 19.9. The molecule has 0 saturated carbocycles. The van der Waals surface area contributed by atoms with Crippen molar-refractivity contribution in [1.82, 2.24) is 19.0 Å². The van der Waals surface area contributed by atoms with Crippen LogP contribution in [-0.4, -0.2) is 66.6 Å². The van der Waals surface area contributed by atoms with Gasteiger partial charge in [-0.15, -0.1) is 0 Å². The fraction of sp³-hybridized carbons (Fsp3) is 0.312. The van der Waals surface area contributed by atoms with E-state index in [2.05, 4.69) is 5.10 Å². The Bertz CT molecular complexity index is 1050. The molecule has 2 heterocycles. The van der Waals surface area contributed by atoms with Crippen molar-refractivity contribution in [2.75, 3.05) is 33.3 Å². The van der Waals surface area contributed by atoms with Crippen LogP contribution < -0.4 is 15.3 Å². The number of nitrogens with zero attached hydrogens (tertiary/aromatic N) is 4. The Hall–Kier alpha value is -2.83. The average Bonchev–Trinajstić information content (AvgIpc) is 2.67. The van der Waals surface area contributed by atoms with Gasteiger partial charge in [0.2, 0.25) is 11.3 Å². The molecule has 2 N–H and O–H groups in total. The zero-order valence-electron chi connectivity index (χ0n) is 14.9. The number of hydrogen-bond acceptors (Lipinski definition) is 6. The number of nitrogens with two attached hydrogens (primary N) is 1. The van der Waals surface area contributed by atoms with Crippen LogP contribution >= 0.6 is 0 Å². The molecule has 150 valence electrons. The maximum absolute atomic E-state index is 13.2. The highest BCUT2D eigenvalue weighted by molar-refractivity contribution is 7.86. The van der Waals surface area contributed by atoms with Crippen LogP contribution in [-0.2, 0) is 10.2 Å². The Kier molecular flexibility index (Phi) is 5.45. The number of methoxy groups -OCH3 is 1. The summed E-state index contributed by atoms with van der Waals surface area (Å²) < 4.78 is 43.3. The van der Waals surface area contributed by atoms with Crippen molar-refractivity contribution in [1.29, 1.82) is 0 Å². The van der Waals surface area contributed by atoms with E-state index in [4.69, 9.17) is 9.88 Å². The van der Waals surface area contributed by atoms with Gasteiger partial charge in [0.15, 0.2) is 5.69 Å². The van der Waals surface area contributed by atoms with Gasteiger partial charge in [0.1, 0.15) is 5.82 Å². The number of benzene rings is 1. The third kappa shape index (κ3) is 4.03. The quantitative estimate of drug-likeness (QED) is 0.712. The summed E-state index contributed by atoms with van der Waals surface area (Å²) in [5.41, 5.74) is -0.602. The van der Waals surface area contributed by atoms with E-state index in [0.717, 1.165) is 10.4 Å². The standard InChI is InChI=1S/C16H18FN5O5S/c1-27-14-10-13(23)15(19-22(14)12-4-2-11(17)3-5-12)16(24)20-6-8-21(9-7-20)28(18,25)26/h2-5,10H,6-9H2,1H3,(H2,18,25,26). The highest BCUT2D eigenvalue weighted by atomic mass is 32.2. The molecule has 0 aliphatic carbocycles. The average molecular weight is 411 g/mol. The molecule has 1 aromatic carbocycles. The van der Waals surface area contributed by atoms with Crippen LogP contribution in [0, 0.1) is 5.82 Å². The van der Waals surface area contributed by atoms with Crippen molar-refractivity contribution in [2.24, 2.45) is 5.14 Å². The molecule has 1 aliphatic heterocycles. The van der Waals surface area contributed by atoms with Crippen molar-refractivity contribution in [3.63, 3.8) is 0 Å². The second kappa shape index (κ2) is 7.66. The van der Waals surface area contributed by atoms with Crippen molar-refractivity contribution in [3.8, 4) is 11.6 Å². The topological polar surface area (TPSA) is 128 Å². The highest BCUT2D eigenvalue weighted by Gasteiger charge is 2.29. The van der Waals surface area contributed by atoms with Gasteiger partial charge < -0.3 is 9.64 Å². The molecule has 1 aliphatic rings. The SMILES string of the molecule is COc1cc(=O)c(C(=O)N2CCN(S(N)(=O)=O)CC2)nn1-c1ccc(F)cc1. The van der Waals surface area contributed by atoms with Gasteiger partial charge in [-0.05, 0) is 24.3 Å². The van der Waals surface area contributed by atoms with Crippen LogP contribution in [0.1, 0.15) is 10.5 Å². The maximum Gasteiger partial charge on any atom is 0.278 e. The molecule has 1 amide bonds. The van der Waals surface area contributed by atoms with Crippen LogP contribution in [0.2, 0.25) is 0 Å². The van der Waals surface area contributed by atoms with Gasteiger partial charge in [-0.2, -0.15) is 17.8 Å². The van der Waals surface area contributed by atoms with E-state index in [1.165, 1.54) is 41.0 Å². The molecule has 3 rings (SSSR count). The Labute approximate surface area is 160 Å². The van der Waals surface area contributed by atoms with E-state index in [9.17, 15) is 22.4 Å². The highest BCUT2D eigenvalue weighted by Crippen LogP contribution is 2.16. The molecule has 28 heavy (non-hydrogen) atoms. The van der Waals surface area contributed by atoms with Crippen LogP contribution in [0.3, 0.4) is 0 Å². The second-order valence-electron chi connectivity index (χ2n) is 6.02. The van der Waals surface area contributed by atoms with Gasteiger partial charge in [0.05, 0.1) is 18.9 Å². The lowest BCUT2D eigenvalue weighted by atomic mass is 10.2. The lowest BCUT2D eigenvalue weighted by Crippen LogP contribution is -2.52. The molecule has 0 radical (unpaired) electrons. The Morgan fingerprint density at radius 2 is 1.79 bits per heavy atom. The number of rotatable bonds is 4. The summed E-state index contributed by atoms with van der Waals surface area (Å²) in [6, 6.07) is 6.39. The summed E-state index contributed by atoms with van der Waals surface area (Å²) in [5, 5.41) is 9.18. The normalized spacial score (nSPS) is 15.5. The number of aromatic nitrogens is 2. The van der Waals surface area contributed by atoms with Gasteiger partial charge in [-0.3, -0.25) is 9.59 Å². The minimum absolute atomic E-state index is 0.0207. The summed E-state index contributed by atoms with van der Waals surface area (Å²) >= 11 is 0. The molecule has 0 unspecified atom stereocenters. The van der Waals surface area contributed by atoms with Crippen LogP contribution in [0.15, 0.2) is 35.1 Å². The predicted octanol–water partition coefficient (Wildman–Crippen LogP) is -0.658. The number of hydrogen-bond donors (Lipinski definition) is 1. The molecule has 2 aromatic rings. The summed E-state index contributed by atoms with van der Waals surface area (Å²) in [5.74, 6) is -1.02. The summed E-state index contributed by atoms with van der Waals surface area (Å²) in [6.45, 7) is 0.178. The maximum atomic E-state index is 13.2. The minimum atomic E-state index is -3.84. The third-order valence-corrected chi connectivity index (χ3v) is 5.35.